The summed E-state index contributed by atoms with van der Waals surface area (Å²) in [5, 5.41) is 33.0. The van der Waals surface area contributed by atoms with E-state index in [-0.39, 0.29) is 35.8 Å². The van der Waals surface area contributed by atoms with Crippen LogP contribution >= 0.6 is 0 Å². The zero-order valence-corrected chi connectivity index (χ0v) is 55.1. The van der Waals surface area contributed by atoms with Crippen LogP contribution in [0.3, 0.4) is 0 Å². The minimum Gasteiger partial charge on any atom is -0.481 e. The van der Waals surface area contributed by atoms with E-state index >= 15 is 0 Å². The molecular formula is C60H135N21O6. The molecule has 0 spiro atoms. The summed E-state index contributed by atoms with van der Waals surface area (Å²) in [6.45, 7) is 14.8. The maximum Gasteiger partial charge on any atom is 0.300 e. The smallest absolute Gasteiger partial charge is 0.300 e. The average Bonchev–Trinajstić information content (AvgIpc) is 3.42. The summed E-state index contributed by atoms with van der Waals surface area (Å²) < 4.78 is 0. The van der Waals surface area contributed by atoms with E-state index in [0.717, 1.165) is 112 Å². The number of carbonyl (C=O) groups is 3. The molecule has 0 radical (unpaired) electrons. The lowest BCUT2D eigenvalue weighted by Crippen LogP contribution is -2.23. The van der Waals surface area contributed by atoms with Crippen molar-refractivity contribution in [1.29, 1.82) is 0 Å². The summed E-state index contributed by atoms with van der Waals surface area (Å²) in [6.07, 6.45) is 45.0. The van der Waals surface area contributed by atoms with Gasteiger partial charge in [-0.05, 0) is 116 Å². The molecule has 0 aromatic carbocycles. The predicted octanol–water partition coefficient (Wildman–Crippen LogP) is 5.68. The third-order valence-electron chi connectivity index (χ3n) is 12.3. The van der Waals surface area contributed by atoms with E-state index in [0.29, 0.717) is 0 Å². The van der Waals surface area contributed by atoms with Crippen molar-refractivity contribution in [3.8, 4) is 0 Å². The lowest BCUT2D eigenvalue weighted by Gasteiger charge is -2.06. The largest absolute Gasteiger partial charge is 0.481 e. The summed E-state index contributed by atoms with van der Waals surface area (Å²) in [4.78, 5) is 50.8. The van der Waals surface area contributed by atoms with Crippen LogP contribution in [0.25, 0.3) is 0 Å². The third kappa shape index (κ3) is 135. The molecule has 516 valence electrons. The molecule has 0 atom stereocenters. The summed E-state index contributed by atoms with van der Waals surface area (Å²) in [5.74, 6) is -1.32. The molecule has 0 saturated heterocycles. The molecule has 0 fully saturated rings. The van der Waals surface area contributed by atoms with E-state index in [9.17, 15) is 0 Å². The van der Waals surface area contributed by atoms with Gasteiger partial charge in [-0.3, -0.25) is 44.3 Å². The van der Waals surface area contributed by atoms with Crippen LogP contribution in [0.4, 0.5) is 0 Å². The lowest BCUT2D eigenvalue weighted by atomic mass is 10.1. The van der Waals surface area contributed by atoms with Gasteiger partial charge in [-0.1, -0.05) is 154 Å². The van der Waals surface area contributed by atoms with Crippen LogP contribution in [0.15, 0.2) is 30.0 Å². The minimum atomic E-state index is -0.833. The normalized spacial score (nSPS) is 9.97. The van der Waals surface area contributed by atoms with Gasteiger partial charge >= 0.3 is 0 Å². The van der Waals surface area contributed by atoms with Crippen molar-refractivity contribution in [2.75, 3.05) is 78.5 Å². The van der Waals surface area contributed by atoms with Gasteiger partial charge in [0.05, 0.1) is 0 Å². The highest BCUT2D eigenvalue weighted by Crippen LogP contribution is 2.10. The molecular weight excluding hydrogens is 1110 g/mol. The number of aliphatic imine (C=N–C) groups is 6. The Morgan fingerprint density at radius 1 is 0.218 bits per heavy atom. The van der Waals surface area contributed by atoms with Gasteiger partial charge < -0.3 is 100 Å². The molecule has 0 aliphatic carbocycles. The van der Waals surface area contributed by atoms with Crippen LogP contribution in [-0.4, -0.2) is 148 Å². The van der Waals surface area contributed by atoms with Crippen LogP contribution < -0.4 is 84.8 Å². The highest BCUT2D eigenvalue weighted by Gasteiger charge is 1.98. The number of hydrogen-bond donors (Lipinski definition) is 18. The van der Waals surface area contributed by atoms with E-state index in [4.69, 9.17) is 98.5 Å². The van der Waals surface area contributed by atoms with Gasteiger partial charge in [0.15, 0.2) is 35.8 Å². The number of nitrogens with zero attached hydrogens (tertiary/aromatic N) is 6. The number of nitrogens with one attached hydrogen (secondary N) is 3. The van der Waals surface area contributed by atoms with Gasteiger partial charge in [-0.2, -0.15) is 0 Å². The molecule has 0 rings (SSSR count). The number of guanidine groups is 6. The van der Waals surface area contributed by atoms with E-state index in [2.05, 4.69) is 45.9 Å². The zero-order valence-electron chi connectivity index (χ0n) is 55.1. The molecule has 0 aromatic heterocycles. The van der Waals surface area contributed by atoms with Crippen molar-refractivity contribution in [2.45, 2.75) is 252 Å². The van der Waals surface area contributed by atoms with Gasteiger partial charge in [-0.25, -0.2) is 0 Å². The lowest BCUT2D eigenvalue weighted by molar-refractivity contribution is -0.135. The maximum atomic E-state index is 9.00. The van der Waals surface area contributed by atoms with Crippen molar-refractivity contribution in [1.82, 2.24) is 16.0 Å². The van der Waals surface area contributed by atoms with E-state index in [1.54, 1.807) is 0 Å². The number of hydrogen-bond acceptors (Lipinski definition) is 12. The molecule has 0 aromatic rings. The highest BCUT2D eigenvalue weighted by atomic mass is 16.4. The van der Waals surface area contributed by atoms with Gasteiger partial charge in [0.1, 0.15) is 0 Å². The van der Waals surface area contributed by atoms with Crippen LogP contribution in [0.5, 0.6) is 0 Å². The SMILES string of the molecule is CC(=O)O.CC(=O)O.CC(=O)O.NC(N)=NCCCCCCCCN=C(N)N.NC(N)=NCCCCCCCCNCCCCCCCCN=C(N)N.NC(N)=NCCCCCCCCNCCCCCCCCNCCCCCCCCN=C(N)N. The maximum absolute atomic E-state index is 9.00. The van der Waals surface area contributed by atoms with Crippen molar-refractivity contribution < 1.29 is 29.7 Å². The first kappa shape index (κ1) is 92.1. The Kier molecular flexibility index (Phi) is 86.8. The summed E-state index contributed by atoms with van der Waals surface area (Å²) in [5.41, 5.74) is 63.2. The Bertz CT molecular complexity index is 1500. The first-order valence-electron chi connectivity index (χ1n) is 32.6. The van der Waals surface area contributed by atoms with Gasteiger partial charge in [0.2, 0.25) is 0 Å². The molecule has 27 nitrogen and oxygen atoms in total. The van der Waals surface area contributed by atoms with Crippen LogP contribution in [0.1, 0.15) is 252 Å². The Hall–Kier alpha value is -6.09. The second kappa shape index (κ2) is 82.0. The Labute approximate surface area is 526 Å². The van der Waals surface area contributed by atoms with E-state index in [1.165, 1.54) is 219 Å². The molecule has 0 saturated carbocycles. The molecule has 87 heavy (non-hydrogen) atoms. The fourth-order valence-electron chi connectivity index (χ4n) is 8.04. The number of carboxylic acid groups (broad SMARTS) is 3. The zero-order chi connectivity index (χ0) is 66.5. The average molecular weight is 1250 g/mol. The van der Waals surface area contributed by atoms with E-state index < -0.39 is 17.9 Å². The number of unbranched alkanes of at least 4 members (excludes halogenated alkanes) is 30. The molecule has 0 unspecified atom stereocenters. The number of carboxylic acids is 3. The fraction of sp³-hybridized carbons (Fsp3) is 0.850. The van der Waals surface area contributed by atoms with Gasteiger partial charge in [0, 0.05) is 60.0 Å². The Balaban J connectivity index is -0.000000269. The molecule has 0 bridgehead atoms. The predicted molar refractivity (Wildman–Crippen MR) is 369 cm³/mol. The summed E-state index contributed by atoms with van der Waals surface area (Å²) >= 11 is 0. The minimum absolute atomic E-state index is 0.178. The standard InChI is InChI=1S/C26H58N8.C18H41N7.C10H24N6.3C2H4O2/c27-25(28)33-23-17-11-5-3-9-15-21-31-19-13-7-1-2-8-14-20-32-22-16-10-4-6-12-18-24-34-26(29)30;19-17(20)24-15-11-7-3-1-5-9-13-23-14-10-6-2-4-8-12-16-25-18(21)22;11-9(12)15-7-5-3-1-2-4-6-8-16-10(13)14;3*1-2(3)4/h31-32H,1-24H2,(H4,27,28,33)(H4,29,30,34);23H,1-16H2,(H4,19,20,24)(H4,21,22,25);1-8H2,(H4,11,12,15)(H4,13,14,16);3*1H3,(H,3,4). The van der Waals surface area contributed by atoms with Crippen molar-refractivity contribution in [3.05, 3.63) is 0 Å². The molecule has 0 aliphatic heterocycles. The molecule has 30 N–H and O–H groups in total. The van der Waals surface area contributed by atoms with Crippen LogP contribution in [0, 0.1) is 0 Å². The van der Waals surface area contributed by atoms with Crippen LogP contribution in [-0.2, 0) is 14.4 Å². The van der Waals surface area contributed by atoms with Gasteiger partial charge in [0.25, 0.3) is 17.9 Å². The van der Waals surface area contributed by atoms with Crippen molar-refractivity contribution in [2.24, 2.45) is 98.8 Å². The monoisotopic (exact) mass is 1250 g/mol. The molecule has 27 heteroatoms. The number of nitrogens with two attached hydrogens (primary N) is 12. The highest BCUT2D eigenvalue weighted by molar-refractivity contribution is 5.77. The first-order valence-corrected chi connectivity index (χ1v) is 32.6. The number of aliphatic carboxylic acids is 3. The first-order chi connectivity index (χ1) is 41.6. The second-order valence-electron chi connectivity index (χ2n) is 21.4. The molecule has 0 amide bonds. The summed E-state index contributed by atoms with van der Waals surface area (Å²) in [6, 6.07) is 0. The van der Waals surface area contributed by atoms with Crippen molar-refractivity contribution >= 4 is 53.7 Å². The molecule has 0 aliphatic rings. The Morgan fingerprint density at radius 2 is 0.310 bits per heavy atom. The Morgan fingerprint density at radius 3 is 0.414 bits per heavy atom. The van der Waals surface area contributed by atoms with Gasteiger partial charge in [-0.15, -0.1) is 0 Å². The topological polar surface area (TPSA) is 534 Å². The second-order valence-corrected chi connectivity index (χ2v) is 21.4. The van der Waals surface area contributed by atoms with Crippen molar-refractivity contribution in [3.63, 3.8) is 0 Å². The fourth-order valence-corrected chi connectivity index (χ4v) is 8.04. The molecule has 0 heterocycles. The quantitative estimate of drug-likeness (QED) is 0.0198. The number of rotatable bonds is 54. The van der Waals surface area contributed by atoms with E-state index in [1.807, 2.05) is 0 Å². The summed E-state index contributed by atoms with van der Waals surface area (Å²) in [7, 11) is 0. The van der Waals surface area contributed by atoms with Crippen LogP contribution in [0.2, 0.25) is 0 Å². The third-order valence-corrected chi connectivity index (χ3v) is 12.3.